The highest BCUT2D eigenvalue weighted by Crippen LogP contribution is 2.17. The number of hydrogen-bond donors (Lipinski definition) is 2. The second kappa shape index (κ2) is 6.34. The molecule has 0 aromatic heterocycles. The molecule has 0 aliphatic rings. The summed E-state index contributed by atoms with van der Waals surface area (Å²) in [7, 11) is 0. The van der Waals surface area contributed by atoms with Crippen LogP contribution in [0.1, 0.15) is 18.0 Å². The average Bonchev–Trinajstić information content (AvgIpc) is 2.18. The van der Waals surface area contributed by atoms with Crippen molar-refractivity contribution >= 4 is 18.1 Å². The van der Waals surface area contributed by atoms with E-state index in [0.717, 1.165) is 5.56 Å². The predicted molar refractivity (Wildman–Crippen MR) is 60.9 cm³/mol. The quantitative estimate of drug-likeness (QED) is 0.604. The second-order valence-corrected chi connectivity index (χ2v) is 3.03. The van der Waals surface area contributed by atoms with Gasteiger partial charge in [-0.15, -0.1) is 12.4 Å². The van der Waals surface area contributed by atoms with Crippen LogP contribution >= 0.6 is 12.4 Å². The molecule has 1 rings (SSSR count). The Labute approximate surface area is 94.0 Å². The van der Waals surface area contributed by atoms with Gasteiger partial charge in [0.1, 0.15) is 0 Å². The summed E-state index contributed by atoms with van der Waals surface area (Å²) in [6, 6.07) is 6.09. The lowest BCUT2D eigenvalue weighted by molar-refractivity contribution is -0.384. The van der Waals surface area contributed by atoms with Gasteiger partial charge in [-0.2, -0.15) is 0 Å². The molecule has 1 aromatic rings. The highest BCUT2D eigenvalue weighted by Gasteiger charge is 2.08. The number of hydrogen-bond acceptors (Lipinski definition) is 4. The summed E-state index contributed by atoms with van der Waals surface area (Å²) in [4.78, 5) is 9.93. The first-order valence-electron chi connectivity index (χ1n) is 4.35. The summed E-state index contributed by atoms with van der Waals surface area (Å²) >= 11 is 0. The van der Waals surface area contributed by atoms with Crippen LogP contribution in [0.25, 0.3) is 0 Å². The van der Waals surface area contributed by atoms with Gasteiger partial charge in [-0.05, 0) is 18.5 Å². The van der Waals surface area contributed by atoms with E-state index < -0.39 is 4.92 Å². The van der Waals surface area contributed by atoms with E-state index in [9.17, 15) is 10.1 Å². The molecule has 0 saturated carbocycles. The molecule has 4 N–H and O–H groups in total. The van der Waals surface area contributed by atoms with Gasteiger partial charge in [-0.25, -0.2) is 0 Å². The summed E-state index contributed by atoms with van der Waals surface area (Å²) in [6.07, 6.45) is 0.678. The number of rotatable bonds is 4. The summed E-state index contributed by atoms with van der Waals surface area (Å²) in [5, 5.41) is 10.4. The van der Waals surface area contributed by atoms with E-state index in [0.29, 0.717) is 13.0 Å². The van der Waals surface area contributed by atoms with E-state index in [2.05, 4.69) is 0 Å². The van der Waals surface area contributed by atoms with Gasteiger partial charge >= 0.3 is 0 Å². The Balaban J connectivity index is 0.00000196. The minimum Gasteiger partial charge on any atom is -0.330 e. The fourth-order valence-corrected chi connectivity index (χ4v) is 1.19. The summed E-state index contributed by atoms with van der Waals surface area (Å²) in [5.41, 5.74) is 12.1. The minimum atomic E-state index is -0.432. The first-order valence-corrected chi connectivity index (χ1v) is 4.35. The Hall–Kier alpha value is -1.17. The third-order valence-corrected chi connectivity index (χ3v) is 2.01. The van der Waals surface area contributed by atoms with Crippen molar-refractivity contribution in [3.8, 4) is 0 Å². The van der Waals surface area contributed by atoms with Crippen molar-refractivity contribution in [2.24, 2.45) is 11.5 Å². The number of nitro groups is 1. The lowest BCUT2D eigenvalue weighted by Gasteiger charge is -2.09. The zero-order chi connectivity index (χ0) is 10.6. The third-order valence-electron chi connectivity index (χ3n) is 2.01. The van der Waals surface area contributed by atoms with Crippen LogP contribution in [0.2, 0.25) is 0 Å². The van der Waals surface area contributed by atoms with Crippen molar-refractivity contribution in [2.75, 3.05) is 6.54 Å². The van der Waals surface area contributed by atoms with E-state index in [1.54, 1.807) is 12.1 Å². The largest absolute Gasteiger partial charge is 0.330 e. The van der Waals surface area contributed by atoms with Gasteiger partial charge in [0, 0.05) is 18.2 Å². The molecule has 0 aliphatic carbocycles. The van der Waals surface area contributed by atoms with Gasteiger partial charge in [0.2, 0.25) is 0 Å². The first kappa shape index (κ1) is 13.8. The highest BCUT2D eigenvalue weighted by molar-refractivity contribution is 5.85. The Morgan fingerprint density at radius 1 is 1.33 bits per heavy atom. The molecule has 0 unspecified atom stereocenters. The fourth-order valence-electron chi connectivity index (χ4n) is 1.19. The van der Waals surface area contributed by atoms with E-state index in [1.165, 1.54) is 12.1 Å². The van der Waals surface area contributed by atoms with Crippen molar-refractivity contribution < 1.29 is 4.92 Å². The zero-order valence-electron chi connectivity index (χ0n) is 8.13. The molecule has 1 atom stereocenters. The van der Waals surface area contributed by atoms with Crippen LogP contribution in [0.3, 0.4) is 0 Å². The standard InChI is InChI=1S/C9H13N3O2.ClH/c10-6-5-9(11)7-1-3-8(4-2-7)12(13)14;/h1-4,9H,5-6,10-11H2;1H/t9-;/m0./s1. The normalized spacial score (nSPS) is 11.6. The maximum Gasteiger partial charge on any atom is 0.269 e. The van der Waals surface area contributed by atoms with Gasteiger partial charge in [-0.1, -0.05) is 12.1 Å². The first-order chi connectivity index (χ1) is 6.65. The number of halogens is 1. The molecule has 0 amide bonds. The highest BCUT2D eigenvalue weighted by atomic mass is 35.5. The monoisotopic (exact) mass is 231 g/mol. The Morgan fingerprint density at radius 3 is 2.27 bits per heavy atom. The van der Waals surface area contributed by atoms with Gasteiger partial charge in [0.15, 0.2) is 0 Å². The van der Waals surface area contributed by atoms with Crippen LogP contribution in [0.5, 0.6) is 0 Å². The molecule has 1 aromatic carbocycles. The number of nitrogens with two attached hydrogens (primary N) is 2. The molecule has 0 aliphatic heterocycles. The molecule has 0 radical (unpaired) electrons. The molecule has 0 heterocycles. The minimum absolute atomic E-state index is 0. The topological polar surface area (TPSA) is 95.2 Å². The lowest BCUT2D eigenvalue weighted by atomic mass is 10.0. The zero-order valence-corrected chi connectivity index (χ0v) is 8.94. The molecule has 84 valence electrons. The molecular weight excluding hydrogens is 218 g/mol. The van der Waals surface area contributed by atoms with Gasteiger partial charge in [-0.3, -0.25) is 10.1 Å². The number of nitro benzene ring substituents is 1. The van der Waals surface area contributed by atoms with Crippen LogP contribution < -0.4 is 11.5 Å². The molecule has 5 nitrogen and oxygen atoms in total. The van der Waals surface area contributed by atoms with Crippen molar-refractivity contribution in [2.45, 2.75) is 12.5 Å². The average molecular weight is 232 g/mol. The van der Waals surface area contributed by atoms with Gasteiger partial charge in [0.05, 0.1) is 4.92 Å². The lowest BCUT2D eigenvalue weighted by Crippen LogP contribution is -2.15. The van der Waals surface area contributed by atoms with Crippen LogP contribution in [0.15, 0.2) is 24.3 Å². The maximum atomic E-state index is 10.4. The van der Waals surface area contributed by atoms with Crippen LogP contribution in [0.4, 0.5) is 5.69 Å². The fraction of sp³-hybridized carbons (Fsp3) is 0.333. The van der Waals surface area contributed by atoms with Gasteiger partial charge < -0.3 is 11.5 Å². The number of nitrogens with zero attached hydrogens (tertiary/aromatic N) is 1. The number of benzene rings is 1. The van der Waals surface area contributed by atoms with E-state index >= 15 is 0 Å². The van der Waals surface area contributed by atoms with Crippen molar-refractivity contribution in [1.82, 2.24) is 0 Å². The molecule has 0 bridgehead atoms. The molecular formula is C9H14ClN3O2. The molecule has 15 heavy (non-hydrogen) atoms. The summed E-state index contributed by atoms with van der Waals surface area (Å²) in [6.45, 7) is 0.512. The number of non-ortho nitro benzene ring substituents is 1. The maximum absolute atomic E-state index is 10.4. The van der Waals surface area contributed by atoms with Crippen LogP contribution in [0, 0.1) is 10.1 Å². The molecule has 6 heteroatoms. The second-order valence-electron chi connectivity index (χ2n) is 3.03. The van der Waals surface area contributed by atoms with Crippen LogP contribution in [-0.2, 0) is 0 Å². The smallest absolute Gasteiger partial charge is 0.269 e. The van der Waals surface area contributed by atoms with E-state index in [1.807, 2.05) is 0 Å². The molecule has 0 saturated heterocycles. The summed E-state index contributed by atoms with van der Waals surface area (Å²) in [5.74, 6) is 0. The Kier molecular flexibility index (Phi) is 5.84. The van der Waals surface area contributed by atoms with Gasteiger partial charge in [0.25, 0.3) is 5.69 Å². The van der Waals surface area contributed by atoms with Crippen LogP contribution in [-0.4, -0.2) is 11.5 Å². The predicted octanol–water partition coefficient (Wildman–Crippen LogP) is 1.37. The third kappa shape index (κ3) is 3.83. The van der Waals surface area contributed by atoms with E-state index in [-0.39, 0.29) is 24.1 Å². The molecule has 0 fully saturated rings. The van der Waals surface area contributed by atoms with Crippen molar-refractivity contribution in [3.63, 3.8) is 0 Å². The van der Waals surface area contributed by atoms with E-state index in [4.69, 9.17) is 11.5 Å². The molecule has 0 spiro atoms. The Bertz CT molecular complexity index is 316. The van der Waals surface area contributed by atoms with Crippen molar-refractivity contribution in [1.29, 1.82) is 0 Å². The summed E-state index contributed by atoms with van der Waals surface area (Å²) < 4.78 is 0. The van der Waals surface area contributed by atoms with Crippen molar-refractivity contribution in [3.05, 3.63) is 39.9 Å². The SMILES string of the molecule is Cl.NCC[C@H](N)c1ccc([N+](=O)[O-])cc1. The Morgan fingerprint density at radius 2 is 1.87 bits per heavy atom.